The number of carboxylic acids is 1. The molecule has 68 valence electrons. The van der Waals surface area contributed by atoms with Gasteiger partial charge in [0.1, 0.15) is 10.1 Å². The second-order valence-electron chi connectivity index (χ2n) is 1.60. The summed E-state index contributed by atoms with van der Waals surface area (Å²) < 4.78 is 0. The quantitative estimate of drug-likeness (QED) is 0.618. The van der Waals surface area contributed by atoms with E-state index >= 15 is 0 Å². The van der Waals surface area contributed by atoms with E-state index in [0.717, 1.165) is 0 Å². The molecule has 0 aromatic heterocycles. The molecule has 0 amide bonds. The fraction of sp³-hybridized carbons (Fsp3) is 0.200. The van der Waals surface area contributed by atoms with Crippen LogP contribution in [0, 0.1) is 0 Å². The number of allylic oxidation sites excluding steroid dienone is 1. The van der Waals surface area contributed by atoms with Crippen LogP contribution in [0.3, 0.4) is 0 Å². The topological polar surface area (TPSA) is 54.4 Å². The average molecular weight is 252 g/mol. The van der Waals surface area contributed by atoms with E-state index in [4.69, 9.17) is 51.5 Å². The Bertz CT molecular complexity index is 245. The molecule has 0 spiro atoms. The van der Waals surface area contributed by atoms with Gasteiger partial charge in [-0.25, -0.2) is 4.79 Å². The summed E-state index contributed by atoms with van der Waals surface area (Å²) in [5.41, 5.74) is 0. The van der Waals surface area contributed by atoms with E-state index in [2.05, 4.69) is 0 Å². The number of carbonyl (C=O) groups excluding carboxylic acids is 1. The Morgan fingerprint density at radius 3 is 1.75 bits per heavy atom. The predicted octanol–water partition coefficient (Wildman–Crippen LogP) is 2.13. The molecule has 0 heterocycles. The minimum Gasteiger partial charge on any atom is -0.477 e. The van der Waals surface area contributed by atoms with Crippen LogP contribution in [0.15, 0.2) is 10.1 Å². The lowest BCUT2D eigenvalue weighted by Crippen LogP contribution is -2.11. The summed E-state index contributed by atoms with van der Waals surface area (Å²) in [4.78, 5) is 19.5. The summed E-state index contributed by atoms with van der Waals surface area (Å²) in [7, 11) is 0. The summed E-state index contributed by atoms with van der Waals surface area (Å²) in [6.45, 7) is 0. The third-order valence-electron chi connectivity index (χ3n) is 0.795. The molecule has 0 fully saturated rings. The van der Waals surface area contributed by atoms with Crippen LogP contribution in [0.5, 0.6) is 0 Å². The molecule has 0 aromatic carbocycles. The van der Waals surface area contributed by atoms with Gasteiger partial charge in [0.15, 0.2) is 4.84 Å². The molecule has 1 N–H and O–H groups in total. The zero-order valence-electron chi connectivity index (χ0n) is 5.35. The highest BCUT2D eigenvalue weighted by atomic mass is 35.5. The Balaban J connectivity index is 4.79. The number of ketones is 1. The van der Waals surface area contributed by atoms with E-state index < -0.39 is 26.7 Å². The lowest BCUT2D eigenvalue weighted by Gasteiger charge is -1.98. The van der Waals surface area contributed by atoms with Gasteiger partial charge in [-0.05, 0) is 0 Å². The van der Waals surface area contributed by atoms with Gasteiger partial charge in [-0.2, -0.15) is 0 Å². The summed E-state index contributed by atoms with van der Waals surface area (Å²) in [6.07, 6.45) is 0. The fourth-order valence-electron chi connectivity index (χ4n) is 0.298. The molecule has 0 aliphatic carbocycles. The van der Waals surface area contributed by atoms with Crippen molar-refractivity contribution in [3.05, 3.63) is 10.1 Å². The molecular weight excluding hydrogens is 250 g/mol. The lowest BCUT2D eigenvalue weighted by atomic mass is 10.4. The van der Waals surface area contributed by atoms with E-state index in [9.17, 15) is 9.59 Å². The van der Waals surface area contributed by atoms with E-state index in [0.29, 0.717) is 0 Å². The number of alkyl halides is 2. The minimum atomic E-state index is -1.51. The number of hydrogen-bond donors (Lipinski definition) is 1. The molecule has 0 radical (unpaired) electrons. The first-order chi connectivity index (χ1) is 5.37. The number of carboxylic acid groups (broad SMARTS) is 1. The molecule has 0 rings (SSSR count). The molecule has 0 aromatic rings. The molecule has 3 nitrogen and oxygen atoms in total. The van der Waals surface area contributed by atoms with Crippen molar-refractivity contribution in [3.63, 3.8) is 0 Å². The minimum absolute atomic E-state index is 0.681. The normalized spacial score (nSPS) is 12.8. The van der Waals surface area contributed by atoms with Crippen molar-refractivity contribution < 1.29 is 14.7 Å². The van der Waals surface area contributed by atoms with E-state index in [-0.39, 0.29) is 0 Å². The zero-order valence-corrected chi connectivity index (χ0v) is 8.38. The monoisotopic (exact) mass is 250 g/mol. The van der Waals surface area contributed by atoms with Crippen molar-refractivity contribution in [1.29, 1.82) is 0 Å². The highest BCUT2D eigenvalue weighted by Crippen LogP contribution is 2.20. The van der Waals surface area contributed by atoms with Gasteiger partial charge in [-0.15, -0.1) is 0 Å². The standard InChI is InChI=1S/C5H2Cl4O3/c6-1(2(7)5(11)12)3(10)4(8)9/h4H,(H,11,12). The maximum Gasteiger partial charge on any atom is 0.348 e. The smallest absolute Gasteiger partial charge is 0.348 e. The Hall–Kier alpha value is 0.0400. The van der Waals surface area contributed by atoms with Crippen LogP contribution in [0.2, 0.25) is 0 Å². The maximum absolute atomic E-state index is 10.8. The van der Waals surface area contributed by atoms with Crippen LogP contribution in [0.4, 0.5) is 0 Å². The number of Topliss-reactive ketones (excluding diaryl/α,β-unsaturated/α-hetero) is 1. The van der Waals surface area contributed by atoms with Gasteiger partial charge in [-0.1, -0.05) is 46.4 Å². The van der Waals surface area contributed by atoms with Gasteiger partial charge in [0, 0.05) is 0 Å². The van der Waals surface area contributed by atoms with Gasteiger partial charge in [0.05, 0.1) is 0 Å². The van der Waals surface area contributed by atoms with Crippen LogP contribution < -0.4 is 0 Å². The highest BCUT2D eigenvalue weighted by Gasteiger charge is 2.21. The van der Waals surface area contributed by atoms with Crippen LogP contribution in [-0.2, 0) is 9.59 Å². The van der Waals surface area contributed by atoms with Gasteiger partial charge in [-0.3, -0.25) is 4.79 Å². The van der Waals surface area contributed by atoms with Gasteiger partial charge < -0.3 is 5.11 Å². The molecule has 0 bridgehead atoms. The number of hydrogen-bond acceptors (Lipinski definition) is 2. The lowest BCUT2D eigenvalue weighted by molar-refractivity contribution is -0.132. The largest absolute Gasteiger partial charge is 0.477 e. The van der Waals surface area contributed by atoms with Crippen molar-refractivity contribution in [2.75, 3.05) is 0 Å². The molecular formula is C5H2Cl4O3. The SMILES string of the molecule is O=C(O)C(Cl)=C(Cl)C(=O)C(Cl)Cl. The number of rotatable bonds is 3. The van der Waals surface area contributed by atoms with Crippen molar-refractivity contribution in [2.45, 2.75) is 4.84 Å². The van der Waals surface area contributed by atoms with Crippen molar-refractivity contribution in [1.82, 2.24) is 0 Å². The molecule has 0 aliphatic heterocycles. The van der Waals surface area contributed by atoms with Gasteiger partial charge >= 0.3 is 5.97 Å². The number of halogens is 4. The summed E-state index contributed by atoms with van der Waals surface area (Å²) in [5.74, 6) is -2.45. The second-order valence-corrected chi connectivity index (χ2v) is 3.45. The van der Waals surface area contributed by atoms with Crippen molar-refractivity contribution >= 4 is 58.2 Å². The summed E-state index contributed by atoms with van der Waals surface area (Å²) >= 11 is 20.6. The van der Waals surface area contributed by atoms with Crippen LogP contribution in [-0.4, -0.2) is 21.7 Å². The molecule has 0 saturated carbocycles. The fourth-order valence-corrected chi connectivity index (χ4v) is 0.911. The zero-order chi connectivity index (χ0) is 9.89. The second kappa shape index (κ2) is 4.92. The Kier molecular flexibility index (Phi) is 4.94. The Morgan fingerprint density at radius 1 is 1.08 bits per heavy atom. The van der Waals surface area contributed by atoms with E-state index in [1.54, 1.807) is 0 Å². The average Bonchev–Trinajstić information content (AvgIpc) is 2.00. The first kappa shape index (κ1) is 12.0. The summed E-state index contributed by atoms with van der Waals surface area (Å²) in [6, 6.07) is 0. The Morgan fingerprint density at radius 2 is 1.50 bits per heavy atom. The third-order valence-corrected chi connectivity index (χ3v) is 2.01. The number of aliphatic carboxylic acids is 1. The van der Waals surface area contributed by atoms with Crippen LogP contribution in [0.1, 0.15) is 0 Å². The maximum atomic E-state index is 10.8. The molecule has 12 heavy (non-hydrogen) atoms. The molecule has 0 saturated heterocycles. The van der Waals surface area contributed by atoms with Gasteiger partial charge in [0.25, 0.3) is 0 Å². The molecule has 0 aliphatic rings. The number of carbonyl (C=O) groups is 2. The molecule has 7 heteroatoms. The summed E-state index contributed by atoms with van der Waals surface area (Å²) in [5, 5.41) is 6.79. The predicted molar refractivity (Wildman–Crippen MR) is 46.9 cm³/mol. The van der Waals surface area contributed by atoms with Crippen molar-refractivity contribution in [2.24, 2.45) is 0 Å². The van der Waals surface area contributed by atoms with Crippen molar-refractivity contribution in [3.8, 4) is 0 Å². The van der Waals surface area contributed by atoms with E-state index in [1.165, 1.54) is 0 Å². The Labute approximate surface area is 87.8 Å². The third kappa shape index (κ3) is 3.19. The highest BCUT2D eigenvalue weighted by molar-refractivity contribution is 6.62. The first-order valence-electron chi connectivity index (χ1n) is 2.48. The molecule has 0 atom stereocenters. The first-order valence-corrected chi connectivity index (χ1v) is 4.11. The van der Waals surface area contributed by atoms with Gasteiger partial charge in [0.2, 0.25) is 5.78 Å². The van der Waals surface area contributed by atoms with Crippen LogP contribution >= 0.6 is 46.4 Å². The van der Waals surface area contributed by atoms with E-state index in [1.807, 2.05) is 0 Å². The van der Waals surface area contributed by atoms with Crippen LogP contribution in [0.25, 0.3) is 0 Å². The molecule has 0 unspecified atom stereocenters.